The first-order valence-electron chi connectivity index (χ1n) is 24.8. The molecule has 336 valence electrons. The highest BCUT2D eigenvalue weighted by Gasteiger charge is 2.43. The van der Waals surface area contributed by atoms with E-state index in [1.807, 2.05) is 6.07 Å². The summed E-state index contributed by atoms with van der Waals surface area (Å²) in [5.74, 6) is 3.36. The molecule has 0 atom stereocenters. The number of hydrogen-bond donors (Lipinski definition) is 0. The monoisotopic (exact) mass is 934 g/mol. The Labute approximate surface area is 418 Å². The van der Waals surface area contributed by atoms with Crippen LogP contribution in [0.3, 0.4) is 0 Å². The molecule has 13 aromatic rings. The van der Waals surface area contributed by atoms with E-state index < -0.39 is 8.07 Å². The van der Waals surface area contributed by atoms with E-state index in [1.165, 1.54) is 47.8 Å². The first kappa shape index (κ1) is 40.8. The highest BCUT2D eigenvalue weighted by Crippen LogP contribution is 2.43. The van der Waals surface area contributed by atoms with E-state index in [2.05, 4.69) is 264 Å². The van der Waals surface area contributed by atoms with Crippen LogP contribution in [0, 0.1) is 0 Å². The molecule has 0 saturated carbocycles. The molecule has 0 saturated heterocycles. The maximum absolute atomic E-state index is 7.14. The van der Waals surface area contributed by atoms with Crippen LogP contribution in [0.25, 0.3) is 66.1 Å². The third kappa shape index (κ3) is 5.93. The Morgan fingerprint density at radius 2 is 0.819 bits per heavy atom. The van der Waals surface area contributed by atoms with E-state index >= 15 is 0 Å². The maximum Gasteiger partial charge on any atom is 0.260 e. The molecule has 2 aliphatic rings. The molecule has 15 rings (SSSR count). The van der Waals surface area contributed by atoms with Crippen molar-refractivity contribution in [3.8, 4) is 45.5 Å². The van der Waals surface area contributed by atoms with Crippen LogP contribution in [-0.2, 0) is 0 Å². The second kappa shape index (κ2) is 16.0. The van der Waals surface area contributed by atoms with Crippen molar-refractivity contribution in [1.29, 1.82) is 0 Å². The predicted molar refractivity (Wildman–Crippen MR) is 302 cm³/mol. The van der Waals surface area contributed by atoms with Gasteiger partial charge in [-0.25, -0.2) is 0 Å². The van der Waals surface area contributed by atoms with Crippen molar-refractivity contribution in [2.24, 2.45) is 0 Å². The molecule has 0 unspecified atom stereocenters. The summed E-state index contributed by atoms with van der Waals surface area (Å²) in [7, 11) is -2.91. The number of nitrogens with zero attached hydrogens (tertiary/aromatic N) is 2. The molecule has 11 aromatic carbocycles. The zero-order valence-electron chi connectivity index (χ0n) is 39.1. The van der Waals surface area contributed by atoms with Crippen LogP contribution in [0.15, 0.2) is 261 Å². The van der Waals surface area contributed by atoms with Gasteiger partial charge in [-0.15, -0.1) is 0 Å². The van der Waals surface area contributed by atoms with Crippen LogP contribution in [0.4, 0.5) is 0 Å². The summed E-state index contributed by atoms with van der Waals surface area (Å²) in [5.41, 5.74) is 12.3. The molecule has 2 aromatic heterocycles. The largest absolute Gasteiger partial charge is 0.458 e. The fourth-order valence-corrected chi connectivity index (χ4v) is 17.2. The summed E-state index contributed by atoms with van der Waals surface area (Å²) in [6.07, 6.45) is 0. The Balaban J connectivity index is 1.06. The third-order valence-electron chi connectivity index (χ3n) is 15.4. The molecule has 0 N–H and O–H groups in total. The van der Waals surface area contributed by atoms with Gasteiger partial charge in [-0.1, -0.05) is 200 Å². The molecular formula is C66H43BN2O2Si. The van der Waals surface area contributed by atoms with Gasteiger partial charge in [-0.2, -0.15) is 0 Å². The number of ether oxygens (including phenoxy) is 2. The molecule has 0 bridgehead atoms. The van der Waals surface area contributed by atoms with E-state index in [0.717, 1.165) is 78.4 Å². The average molecular weight is 935 g/mol. The SMILES string of the molecule is c1ccc(-n2c3ccccc3c3cc4c5ccccc5n(-c5cc6c(cc5-c5cccc([Si](c7ccccc7)(c7ccccc7)c7ccccc7)c5)B5c7ccccc7Oc7cccc(c75)O6)c4cc32)cc1. The normalized spacial score (nSPS) is 12.6. The smallest absolute Gasteiger partial charge is 0.260 e. The maximum atomic E-state index is 7.14. The quantitative estimate of drug-likeness (QED) is 0.118. The van der Waals surface area contributed by atoms with Crippen LogP contribution < -0.4 is 46.6 Å². The number of fused-ring (bicyclic) bond motifs is 10. The van der Waals surface area contributed by atoms with Gasteiger partial charge in [0.2, 0.25) is 0 Å². The average Bonchev–Trinajstić information content (AvgIpc) is 3.95. The lowest BCUT2D eigenvalue weighted by atomic mass is 9.34. The van der Waals surface area contributed by atoms with Crippen molar-refractivity contribution in [3.63, 3.8) is 0 Å². The van der Waals surface area contributed by atoms with Crippen molar-refractivity contribution in [2.45, 2.75) is 0 Å². The minimum absolute atomic E-state index is 0.105. The summed E-state index contributed by atoms with van der Waals surface area (Å²) >= 11 is 0. The van der Waals surface area contributed by atoms with Gasteiger partial charge in [-0.3, -0.25) is 0 Å². The predicted octanol–water partition coefficient (Wildman–Crippen LogP) is 11.7. The number of benzene rings is 11. The number of rotatable bonds is 7. The highest BCUT2D eigenvalue weighted by atomic mass is 28.3. The number of aromatic nitrogens is 2. The second-order valence-corrected chi connectivity index (χ2v) is 22.9. The minimum atomic E-state index is -2.91. The van der Waals surface area contributed by atoms with Gasteiger partial charge in [0.1, 0.15) is 23.0 Å². The number of para-hydroxylation sites is 4. The van der Waals surface area contributed by atoms with Gasteiger partial charge in [0.05, 0.1) is 27.8 Å². The molecule has 4 heterocycles. The molecule has 0 fully saturated rings. The van der Waals surface area contributed by atoms with Crippen LogP contribution in [-0.4, -0.2) is 23.9 Å². The van der Waals surface area contributed by atoms with E-state index in [-0.39, 0.29) is 6.71 Å². The fourth-order valence-electron chi connectivity index (χ4n) is 12.4. The van der Waals surface area contributed by atoms with Crippen molar-refractivity contribution in [2.75, 3.05) is 0 Å². The lowest BCUT2D eigenvalue weighted by Gasteiger charge is -2.35. The zero-order valence-corrected chi connectivity index (χ0v) is 40.1. The Hall–Kier alpha value is -9.10. The van der Waals surface area contributed by atoms with Crippen molar-refractivity contribution in [1.82, 2.24) is 9.13 Å². The summed E-state index contributed by atoms with van der Waals surface area (Å²) in [6.45, 7) is -0.105. The minimum Gasteiger partial charge on any atom is -0.458 e. The Kier molecular flexibility index (Phi) is 9.04. The molecular weight excluding hydrogens is 892 g/mol. The first-order chi connectivity index (χ1) is 35.7. The van der Waals surface area contributed by atoms with Gasteiger partial charge < -0.3 is 18.6 Å². The molecule has 0 radical (unpaired) electrons. The molecule has 0 aliphatic carbocycles. The molecule has 0 spiro atoms. The van der Waals surface area contributed by atoms with Gasteiger partial charge >= 0.3 is 0 Å². The van der Waals surface area contributed by atoms with E-state index in [9.17, 15) is 0 Å². The Morgan fingerprint density at radius 3 is 1.47 bits per heavy atom. The van der Waals surface area contributed by atoms with Crippen molar-refractivity contribution in [3.05, 3.63) is 261 Å². The van der Waals surface area contributed by atoms with Crippen LogP contribution in [0.1, 0.15) is 0 Å². The lowest BCUT2D eigenvalue weighted by molar-refractivity contribution is 0.464. The Bertz CT molecular complexity index is 4190. The van der Waals surface area contributed by atoms with Gasteiger partial charge in [0.15, 0.2) is 8.07 Å². The van der Waals surface area contributed by atoms with E-state index in [4.69, 9.17) is 9.47 Å². The van der Waals surface area contributed by atoms with Crippen LogP contribution >= 0.6 is 0 Å². The summed E-state index contributed by atoms with van der Waals surface area (Å²) < 4.78 is 18.7. The van der Waals surface area contributed by atoms with Crippen molar-refractivity contribution < 1.29 is 9.47 Å². The first-order valence-corrected chi connectivity index (χ1v) is 26.8. The molecule has 6 heteroatoms. The van der Waals surface area contributed by atoms with E-state index in [1.54, 1.807) is 0 Å². The molecule has 2 aliphatic heterocycles. The van der Waals surface area contributed by atoms with Crippen LogP contribution in [0.5, 0.6) is 23.0 Å². The zero-order chi connectivity index (χ0) is 47.3. The Morgan fingerprint density at radius 1 is 0.319 bits per heavy atom. The fraction of sp³-hybridized carbons (Fsp3) is 0. The van der Waals surface area contributed by atoms with Crippen LogP contribution in [0.2, 0.25) is 0 Å². The summed E-state index contributed by atoms with van der Waals surface area (Å²) in [4.78, 5) is 0. The topological polar surface area (TPSA) is 28.3 Å². The van der Waals surface area contributed by atoms with Gasteiger partial charge in [-0.05, 0) is 91.8 Å². The molecule has 72 heavy (non-hydrogen) atoms. The van der Waals surface area contributed by atoms with Crippen molar-refractivity contribution >= 4 is 95.5 Å². The summed E-state index contributed by atoms with van der Waals surface area (Å²) in [5, 5.41) is 10.2. The van der Waals surface area contributed by atoms with Gasteiger partial charge in [0, 0.05) is 44.3 Å². The molecule has 0 amide bonds. The second-order valence-electron chi connectivity index (χ2n) is 19.1. The van der Waals surface area contributed by atoms with Gasteiger partial charge in [0.25, 0.3) is 6.71 Å². The molecule has 4 nitrogen and oxygen atoms in total. The summed E-state index contributed by atoms with van der Waals surface area (Å²) in [6, 6.07) is 95.8. The third-order valence-corrected chi connectivity index (χ3v) is 20.1. The standard InChI is InChI=1S/C66H43BN2O2Si/c1-5-22-45(23-6-1)68-57-34-16-13-31-50(57)53-40-54-51-32-14-17-35-58(51)69(60(54)42-59(53)68)61-43-65-56(67-55-33-15-18-36-62(55)70-63-37-20-38-64(71-65)66(63)67)41-52(61)44-21-19-30-49(39-44)72(46-24-7-2-8-25-46,47-26-9-3-10-27-47)48-28-11-4-12-29-48/h1-43H. The highest BCUT2D eigenvalue weighted by molar-refractivity contribution is 7.20. The number of hydrogen-bond acceptors (Lipinski definition) is 2. The lowest BCUT2D eigenvalue weighted by Crippen LogP contribution is -2.74. The van der Waals surface area contributed by atoms with E-state index in [0.29, 0.717) is 0 Å².